The number of carbonyl (C=O) groups excluding carboxylic acids is 2. The van der Waals surface area contributed by atoms with Crippen LogP contribution in [0.15, 0.2) is 42.5 Å². The molecule has 0 spiro atoms. The van der Waals surface area contributed by atoms with Crippen molar-refractivity contribution < 1.29 is 24.2 Å². The van der Waals surface area contributed by atoms with E-state index in [9.17, 15) is 19.5 Å². The van der Waals surface area contributed by atoms with Crippen molar-refractivity contribution >= 4 is 17.7 Å². The van der Waals surface area contributed by atoms with Crippen molar-refractivity contribution in [1.82, 2.24) is 5.32 Å². The Morgan fingerprint density at radius 1 is 1.03 bits per heavy atom. The summed E-state index contributed by atoms with van der Waals surface area (Å²) in [5, 5.41) is 12.6. The van der Waals surface area contributed by atoms with E-state index in [-0.39, 0.29) is 11.3 Å². The van der Waals surface area contributed by atoms with Crippen LogP contribution in [0.1, 0.15) is 77.3 Å². The molecule has 2 N–H and O–H groups in total. The second-order valence-electron chi connectivity index (χ2n) is 8.61. The predicted molar refractivity (Wildman–Crippen MR) is 122 cm³/mol. The zero-order chi connectivity index (χ0) is 23.1. The number of carboxylic acids is 1. The molecule has 0 aromatic heterocycles. The summed E-state index contributed by atoms with van der Waals surface area (Å²) < 4.78 is 5.90. The summed E-state index contributed by atoms with van der Waals surface area (Å²) in [6.45, 7) is 3.83. The fourth-order valence-electron chi connectivity index (χ4n) is 4.23. The zero-order valence-corrected chi connectivity index (χ0v) is 18.8. The van der Waals surface area contributed by atoms with Gasteiger partial charge in [-0.1, -0.05) is 55.5 Å². The van der Waals surface area contributed by atoms with Crippen LogP contribution in [0.4, 0.5) is 0 Å². The molecular formula is C26H31NO5. The molecule has 3 rings (SSSR count). The van der Waals surface area contributed by atoms with Crippen molar-refractivity contribution in [2.45, 2.75) is 64.3 Å². The Kier molecular flexibility index (Phi) is 7.67. The summed E-state index contributed by atoms with van der Waals surface area (Å²) in [5.74, 6) is -1.29. The van der Waals surface area contributed by atoms with Gasteiger partial charge < -0.3 is 15.2 Å². The molecule has 0 unspecified atom stereocenters. The lowest BCUT2D eigenvalue weighted by Crippen LogP contribution is -2.54. The summed E-state index contributed by atoms with van der Waals surface area (Å²) in [5.41, 5.74) is 1.72. The number of ether oxygens (including phenoxy) is 1. The first-order chi connectivity index (χ1) is 15.3. The summed E-state index contributed by atoms with van der Waals surface area (Å²) >= 11 is 0. The minimum atomic E-state index is -1.25. The Morgan fingerprint density at radius 3 is 2.38 bits per heavy atom. The van der Waals surface area contributed by atoms with Crippen molar-refractivity contribution in [3.63, 3.8) is 0 Å². The van der Waals surface area contributed by atoms with E-state index < -0.39 is 17.4 Å². The highest BCUT2D eigenvalue weighted by Gasteiger charge is 2.40. The highest BCUT2D eigenvalue weighted by atomic mass is 16.5. The van der Waals surface area contributed by atoms with E-state index >= 15 is 0 Å². The number of rotatable bonds is 8. The molecule has 32 heavy (non-hydrogen) atoms. The first kappa shape index (κ1) is 23.5. The third-order valence-electron chi connectivity index (χ3n) is 6.07. The second-order valence-corrected chi connectivity index (χ2v) is 8.61. The molecule has 2 aromatic carbocycles. The topological polar surface area (TPSA) is 92.7 Å². The summed E-state index contributed by atoms with van der Waals surface area (Å²) in [4.78, 5) is 37.1. The number of hydrogen-bond acceptors (Lipinski definition) is 4. The van der Waals surface area contributed by atoms with Gasteiger partial charge >= 0.3 is 5.97 Å². The Balaban J connectivity index is 1.77. The average Bonchev–Trinajstić information content (AvgIpc) is 3.00. The van der Waals surface area contributed by atoms with E-state index in [1.54, 1.807) is 12.1 Å². The summed E-state index contributed by atoms with van der Waals surface area (Å²) in [7, 11) is 0. The van der Waals surface area contributed by atoms with Crippen LogP contribution in [0, 0.1) is 6.92 Å². The lowest BCUT2D eigenvalue weighted by atomic mass is 9.89. The molecule has 0 atom stereocenters. The Morgan fingerprint density at radius 2 is 1.75 bits per heavy atom. The minimum absolute atomic E-state index is 0.159. The van der Waals surface area contributed by atoms with E-state index in [2.05, 4.69) is 11.4 Å². The molecule has 1 aliphatic rings. The number of carboxylic acid groups (broad SMARTS) is 1. The van der Waals surface area contributed by atoms with Crippen LogP contribution in [-0.2, 0) is 11.2 Å². The van der Waals surface area contributed by atoms with Gasteiger partial charge in [0.15, 0.2) is 5.78 Å². The average molecular weight is 438 g/mol. The molecule has 6 heteroatoms. The number of aryl methyl sites for hydroxylation is 1. The smallest absolute Gasteiger partial charge is 0.329 e. The highest BCUT2D eigenvalue weighted by Crippen LogP contribution is 2.29. The van der Waals surface area contributed by atoms with Crippen LogP contribution in [0.25, 0.3) is 0 Å². The number of ketones is 1. The predicted octanol–water partition coefficient (Wildman–Crippen LogP) is 4.73. The quantitative estimate of drug-likeness (QED) is 0.460. The normalized spacial score (nSPS) is 15.4. The molecule has 0 radical (unpaired) electrons. The van der Waals surface area contributed by atoms with Crippen molar-refractivity contribution in [1.29, 1.82) is 0 Å². The molecular weight excluding hydrogens is 406 g/mol. The van der Waals surface area contributed by atoms with Crippen molar-refractivity contribution in [2.75, 3.05) is 6.61 Å². The molecule has 1 amide bonds. The van der Waals surface area contributed by atoms with Gasteiger partial charge in [-0.2, -0.15) is 0 Å². The molecule has 6 nitrogen and oxygen atoms in total. The maximum absolute atomic E-state index is 13.0. The highest BCUT2D eigenvalue weighted by molar-refractivity contribution is 6.01. The van der Waals surface area contributed by atoms with Crippen LogP contribution in [0.2, 0.25) is 0 Å². The first-order valence-electron chi connectivity index (χ1n) is 11.2. The van der Waals surface area contributed by atoms with Gasteiger partial charge in [0.2, 0.25) is 0 Å². The largest absolute Gasteiger partial charge is 0.492 e. The minimum Gasteiger partial charge on any atom is -0.492 e. The summed E-state index contributed by atoms with van der Waals surface area (Å²) in [6.07, 6.45) is 4.97. The molecule has 1 saturated carbocycles. The first-order valence-corrected chi connectivity index (χ1v) is 11.2. The maximum Gasteiger partial charge on any atom is 0.329 e. The van der Waals surface area contributed by atoms with E-state index in [4.69, 9.17) is 4.74 Å². The number of amides is 1. The van der Waals surface area contributed by atoms with Crippen molar-refractivity contribution in [3.05, 3.63) is 64.7 Å². The lowest BCUT2D eigenvalue weighted by molar-refractivity contribution is -0.145. The number of aliphatic carboxylic acids is 1. The SMILES string of the molecule is CC(=O)c1ccc(C(=O)NC2(C(=O)O)CCCCCC2)cc1OCCc1cccc(C)c1. The molecule has 0 heterocycles. The van der Waals surface area contributed by atoms with Crippen LogP contribution < -0.4 is 10.1 Å². The number of carbonyl (C=O) groups is 3. The van der Waals surface area contributed by atoms with Crippen LogP contribution in [0.5, 0.6) is 5.75 Å². The standard InChI is InChI=1S/C26H31NO5/c1-18-8-7-9-20(16-18)12-15-32-23-17-21(10-11-22(23)19(2)28)24(29)27-26(25(30)31)13-5-3-4-6-14-26/h7-11,16-17H,3-6,12-15H2,1-2H3,(H,27,29)(H,30,31). The maximum atomic E-state index is 13.0. The van der Waals surface area contributed by atoms with Crippen molar-refractivity contribution in [2.24, 2.45) is 0 Å². The fourth-order valence-corrected chi connectivity index (χ4v) is 4.23. The molecule has 170 valence electrons. The number of nitrogens with one attached hydrogen (secondary N) is 1. The van der Waals surface area contributed by atoms with Crippen LogP contribution in [0.3, 0.4) is 0 Å². The monoisotopic (exact) mass is 437 g/mol. The lowest BCUT2D eigenvalue weighted by Gasteiger charge is -2.29. The molecule has 0 aliphatic heterocycles. The fraction of sp³-hybridized carbons (Fsp3) is 0.423. The molecule has 1 fully saturated rings. The number of benzene rings is 2. The van der Waals surface area contributed by atoms with E-state index in [1.165, 1.54) is 13.0 Å². The third kappa shape index (κ3) is 5.75. The second kappa shape index (κ2) is 10.4. The Labute approximate surface area is 189 Å². The van der Waals surface area contributed by atoms with Crippen LogP contribution >= 0.6 is 0 Å². The van der Waals surface area contributed by atoms with Gasteiger partial charge in [-0.05, 0) is 50.5 Å². The molecule has 0 bridgehead atoms. The van der Waals surface area contributed by atoms with Gasteiger partial charge in [0, 0.05) is 12.0 Å². The molecule has 2 aromatic rings. The van der Waals surface area contributed by atoms with E-state index in [1.807, 2.05) is 25.1 Å². The Hall–Kier alpha value is -3.15. The van der Waals surface area contributed by atoms with Crippen molar-refractivity contribution in [3.8, 4) is 5.75 Å². The Bertz CT molecular complexity index is 989. The number of Topliss-reactive ketones (excluding diaryl/α,β-unsaturated/α-hetero) is 1. The van der Waals surface area contributed by atoms with Gasteiger partial charge in [0.1, 0.15) is 11.3 Å². The molecule has 1 aliphatic carbocycles. The summed E-state index contributed by atoms with van der Waals surface area (Å²) in [6, 6.07) is 12.8. The molecule has 0 saturated heterocycles. The third-order valence-corrected chi connectivity index (χ3v) is 6.07. The van der Waals surface area contributed by atoms with Gasteiger partial charge in [-0.3, -0.25) is 9.59 Å². The van der Waals surface area contributed by atoms with E-state index in [0.29, 0.717) is 37.2 Å². The van der Waals surface area contributed by atoms with Gasteiger partial charge in [-0.15, -0.1) is 0 Å². The zero-order valence-electron chi connectivity index (χ0n) is 18.8. The van der Waals surface area contributed by atoms with Gasteiger partial charge in [-0.25, -0.2) is 4.79 Å². The van der Waals surface area contributed by atoms with Gasteiger partial charge in [0.25, 0.3) is 5.91 Å². The number of hydrogen-bond donors (Lipinski definition) is 2. The van der Waals surface area contributed by atoms with E-state index in [0.717, 1.165) is 36.8 Å². The van der Waals surface area contributed by atoms with Gasteiger partial charge in [0.05, 0.1) is 12.2 Å². The van der Waals surface area contributed by atoms with Crippen LogP contribution in [-0.4, -0.2) is 34.9 Å².